The van der Waals surface area contributed by atoms with Gasteiger partial charge in [0.15, 0.2) is 17.5 Å². The van der Waals surface area contributed by atoms with Gasteiger partial charge in [-0.05, 0) is 38.1 Å². The number of likely N-dealkylation sites (N-methyl/N-ethyl adjacent to an activating group) is 1. The van der Waals surface area contributed by atoms with E-state index in [9.17, 15) is 13.2 Å². The van der Waals surface area contributed by atoms with Crippen LogP contribution in [0.1, 0.15) is 26.3 Å². The number of halogens is 3. The summed E-state index contributed by atoms with van der Waals surface area (Å²) in [4.78, 5) is 0. The van der Waals surface area contributed by atoms with Crippen LogP contribution in [-0.4, -0.2) is 12.6 Å². The molecule has 0 aromatic heterocycles. The average Bonchev–Trinajstić information content (AvgIpc) is 2.26. The van der Waals surface area contributed by atoms with E-state index in [0.29, 0.717) is 5.56 Å². The van der Waals surface area contributed by atoms with Gasteiger partial charge in [-0.3, -0.25) is 0 Å². The summed E-state index contributed by atoms with van der Waals surface area (Å²) in [6.45, 7) is 6.58. The third-order valence-corrected chi connectivity index (χ3v) is 2.59. The van der Waals surface area contributed by atoms with Crippen LogP contribution in [0.25, 0.3) is 6.08 Å². The van der Waals surface area contributed by atoms with Crippen LogP contribution in [0.5, 0.6) is 0 Å². The SMILES string of the molecule is CCNC(C)/C(C)=C/c1cc(F)c(F)c(F)c1. The van der Waals surface area contributed by atoms with Crippen LogP contribution >= 0.6 is 0 Å². The van der Waals surface area contributed by atoms with Gasteiger partial charge in [0.2, 0.25) is 0 Å². The minimum absolute atomic E-state index is 0.108. The Labute approximate surface area is 99.3 Å². The standard InChI is InChI=1S/C13H16F3N/c1-4-17-9(3)8(2)5-10-6-11(14)13(16)12(15)7-10/h5-7,9,17H,4H2,1-3H3/b8-5+. The van der Waals surface area contributed by atoms with Crippen LogP contribution in [0.15, 0.2) is 17.7 Å². The Bertz CT molecular complexity index is 404. The first kappa shape index (κ1) is 13.8. The maximum Gasteiger partial charge on any atom is 0.194 e. The van der Waals surface area contributed by atoms with Crippen molar-refractivity contribution in [3.8, 4) is 0 Å². The van der Waals surface area contributed by atoms with E-state index in [1.54, 1.807) is 6.08 Å². The Balaban J connectivity index is 2.98. The van der Waals surface area contributed by atoms with Crippen LogP contribution in [0, 0.1) is 17.5 Å². The Morgan fingerprint density at radius 1 is 1.29 bits per heavy atom. The van der Waals surface area contributed by atoms with Gasteiger partial charge in [-0.25, -0.2) is 13.2 Å². The number of nitrogens with one attached hydrogen (secondary N) is 1. The number of hydrogen-bond acceptors (Lipinski definition) is 1. The highest BCUT2D eigenvalue weighted by molar-refractivity contribution is 5.53. The Morgan fingerprint density at radius 3 is 2.29 bits per heavy atom. The van der Waals surface area contributed by atoms with Gasteiger partial charge >= 0.3 is 0 Å². The average molecular weight is 243 g/mol. The minimum atomic E-state index is -1.43. The smallest absolute Gasteiger partial charge is 0.194 e. The van der Waals surface area contributed by atoms with E-state index in [1.807, 2.05) is 20.8 Å². The summed E-state index contributed by atoms with van der Waals surface area (Å²) in [6.07, 6.45) is 1.64. The van der Waals surface area contributed by atoms with Crippen molar-refractivity contribution in [2.45, 2.75) is 26.8 Å². The minimum Gasteiger partial charge on any atom is -0.311 e. The summed E-state index contributed by atoms with van der Waals surface area (Å²) in [5.41, 5.74) is 1.25. The van der Waals surface area contributed by atoms with Gasteiger partial charge in [0.1, 0.15) is 0 Å². The zero-order valence-electron chi connectivity index (χ0n) is 10.2. The molecule has 1 aromatic carbocycles. The van der Waals surface area contributed by atoms with E-state index in [-0.39, 0.29) is 6.04 Å². The van der Waals surface area contributed by atoms with Gasteiger partial charge in [0, 0.05) is 6.04 Å². The summed E-state index contributed by atoms with van der Waals surface area (Å²) in [5, 5.41) is 3.18. The molecule has 0 heterocycles. The molecule has 1 atom stereocenters. The van der Waals surface area contributed by atoms with E-state index in [2.05, 4.69) is 5.32 Å². The van der Waals surface area contributed by atoms with Crippen molar-refractivity contribution in [2.24, 2.45) is 0 Å². The van der Waals surface area contributed by atoms with E-state index in [0.717, 1.165) is 24.3 Å². The summed E-state index contributed by atoms with van der Waals surface area (Å²) in [6, 6.07) is 2.08. The first-order valence-corrected chi connectivity index (χ1v) is 5.51. The third kappa shape index (κ3) is 3.60. The lowest BCUT2D eigenvalue weighted by Gasteiger charge is -2.13. The molecule has 0 bridgehead atoms. The number of benzene rings is 1. The summed E-state index contributed by atoms with van der Waals surface area (Å²) in [7, 11) is 0. The molecule has 0 aliphatic heterocycles. The molecule has 0 aliphatic rings. The predicted octanol–water partition coefficient (Wildman–Crippen LogP) is 3.51. The molecule has 1 rings (SSSR count). The maximum absolute atomic E-state index is 13.0. The monoisotopic (exact) mass is 243 g/mol. The first-order chi connectivity index (χ1) is 7.95. The van der Waals surface area contributed by atoms with Gasteiger partial charge in [-0.1, -0.05) is 18.6 Å². The molecule has 0 radical (unpaired) electrons. The molecule has 94 valence electrons. The summed E-state index contributed by atoms with van der Waals surface area (Å²) >= 11 is 0. The molecule has 0 spiro atoms. The van der Waals surface area contributed by atoms with Crippen LogP contribution < -0.4 is 5.32 Å². The molecule has 1 unspecified atom stereocenters. The van der Waals surface area contributed by atoms with E-state index >= 15 is 0 Å². The highest BCUT2D eigenvalue weighted by atomic mass is 19.2. The van der Waals surface area contributed by atoms with E-state index in [4.69, 9.17) is 0 Å². The molecule has 17 heavy (non-hydrogen) atoms. The molecule has 4 heteroatoms. The Kier molecular flexibility index (Phi) is 4.75. The summed E-state index contributed by atoms with van der Waals surface area (Å²) < 4.78 is 38.7. The zero-order chi connectivity index (χ0) is 13.0. The van der Waals surface area contributed by atoms with Gasteiger partial charge in [-0.15, -0.1) is 0 Å². The lowest BCUT2D eigenvalue weighted by Crippen LogP contribution is -2.26. The first-order valence-electron chi connectivity index (χ1n) is 5.51. The fraction of sp³-hybridized carbons (Fsp3) is 0.385. The molecule has 1 N–H and O–H groups in total. The Hall–Kier alpha value is -1.29. The molecule has 0 fully saturated rings. The fourth-order valence-electron chi connectivity index (χ4n) is 1.51. The van der Waals surface area contributed by atoms with Crippen molar-refractivity contribution in [1.29, 1.82) is 0 Å². The molecule has 0 saturated carbocycles. The van der Waals surface area contributed by atoms with Crippen molar-refractivity contribution in [3.05, 3.63) is 40.7 Å². The van der Waals surface area contributed by atoms with Crippen LogP contribution in [0.3, 0.4) is 0 Å². The molecule has 1 aromatic rings. The zero-order valence-corrected chi connectivity index (χ0v) is 10.2. The molecular weight excluding hydrogens is 227 g/mol. The van der Waals surface area contributed by atoms with Crippen molar-refractivity contribution < 1.29 is 13.2 Å². The van der Waals surface area contributed by atoms with Crippen molar-refractivity contribution in [3.63, 3.8) is 0 Å². The highest BCUT2D eigenvalue weighted by Gasteiger charge is 2.10. The van der Waals surface area contributed by atoms with Crippen LogP contribution in [0.4, 0.5) is 13.2 Å². The van der Waals surface area contributed by atoms with Gasteiger partial charge in [-0.2, -0.15) is 0 Å². The molecular formula is C13H16F3N. The molecule has 1 nitrogen and oxygen atoms in total. The topological polar surface area (TPSA) is 12.0 Å². The normalized spacial score (nSPS) is 13.9. The maximum atomic E-state index is 13.0. The molecule has 0 amide bonds. The fourth-order valence-corrected chi connectivity index (χ4v) is 1.51. The van der Waals surface area contributed by atoms with Crippen LogP contribution in [-0.2, 0) is 0 Å². The van der Waals surface area contributed by atoms with Gasteiger partial charge in [0.05, 0.1) is 0 Å². The lowest BCUT2D eigenvalue weighted by molar-refractivity contribution is 0.447. The Morgan fingerprint density at radius 2 is 1.82 bits per heavy atom. The second-order valence-corrected chi connectivity index (χ2v) is 3.97. The predicted molar refractivity (Wildman–Crippen MR) is 63.1 cm³/mol. The van der Waals surface area contributed by atoms with Crippen molar-refractivity contribution in [2.75, 3.05) is 6.54 Å². The summed E-state index contributed by atoms with van der Waals surface area (Å²) in [5.74, 6) is -3.76. The van der Waals surface area contributed by atoms with E-state index in [1.165, 1.54) is 0 Å². The van der Waals surface area contributed by atoms with Crippen molar-refractivity contribution >= 4 is 6.08 Å². The highest BCUT2D eigenvalue weighted by Crippen LogP contribution is 2.16. The number of hydrogen-bond donors (Lipinski definition) is 1. The lowest BCUT2D eigenvalue weighted by atomic mass is 10.1. The second-order valence-electron chi connectivity index (χ2n) is 3.97. The molecule has 0 aliphatic carbocycles. The van der Waals surface area contributed by atoms with Gasteiger partial charge < -0.3 is 5.32 Å². The van der Waals surface area contributed by atoms with Gasteiger partial charge in [0.25, 0.3) is 0 Å². The largest absolute Gasteiger partial charge is 0.311 e. The third-order valence-electron chi connectivity index (χ3n) is 2.59. The quantitative estimate of drug-likeness (QED) is 0.798. The molecule has 0 saturated heterocycles. The number of rotatable bonds is 4. The second kappa shape index (κ2) is 5.87. The van der Waals surface area contributed by atoms with E-state index < -0.39 is 17.5 Å². The van der Waals surface area contributed by atoms with Crippen LogP contribution in [0.2, 0.25) is 0 Å². The van der Waals surface area contributed by atoms with Crippen molar-refractivity contribution in [1.82, 2.24) is 5.32 Å².